The minimum absolute atomic E-state index is 0.0444. The predicted octanol–water partition coefficient (Wildman–Crippen LogP) is -0.557. The molecule has 0 fully saturated rings. The lowest BCUT2D eigenvalue weighted by molar-refractivity contribution is 0.0229. The van der Waals surface area contributed by atoms with Crippen molar-refractivity contribution in [1.29, 1.82) is 0 Å². The summed E-state index contributed by atoms with van der Waals surface area (Å²) >= 11 is 0. The summed E-state index contributed by atoms with van der Waals surface area (Å²) in [5.41, 5.74) is 5.10. The van der Waals surface area contributed by atoms with Crippen LogP contribution in [-0.2, 0) is 0 Å². The Balaban J connectivity index is 3.03. The molecule has 1 aromatic rings. The number of carboxylic acid groups (broad SMARTS) is 1. The lowest BCUT2D eigenvalue weighted by atomic mass is 10.0. The molecule has 2 unspecified atom stereocenters. The smallest absolute Gasteiger partial charge is 0.335 e. The number of phenolic OH excluding ortho intramolecular Hbond substituents is 1. The van der Waals surface area contributed by atoms with Gasteiger partial charge in [0.05, 0.1) is 11.7 Å². The largest absolute Gasteiger partial charge is 0.508 e. The van der Waals surface area contributed by atoms with E-state index in [2.05, 4.69) is 0 Å². The van der Waals surface area contributed by atoms with Gasteiger partial charge in [0.2, 0.25) is 0 Å². The first-order valence-corrected chi connectivity index (χ1v) is 4.59. The van der Waals surface area contributed by atoms with Crippen molar-refractivity contribution in [2.75, 3.05) is 6.54 Å². The van der Waals surface area contributed by atoms with Gasteiger partial charge in [-0.3, -0.25) is 0 Å². The van der Waals surface area contributed by atoms with Crippen LogP contribution in [0.15, 0.2) is 18.2 Å². The second-order valence-electron chi connectivity index (χ2n) is 3.33. The number of aromatic carboxylic acids is 1. The van der Waals surface area contributed by atoms with Crippen molar-refractivity contribution in [3.05, 3.63) is 29.3 Å². The molecule has 6 heteroatoms. The number of aliphatic hydroxyl groups is 2. The van der Waals surface area contributed by atoms with E-state index in [1.807, 2.05) is 0 Å². The maximum Gasteiger partial charge on any atom is 0.335 e. The molecule has 0 heterocycles. The molecular formula is C10H13NO5. The predicted molar refractivity (Wildman–Crippen MR) is 55.1 cm³/mol. The first kappa shape index (κ1) is 12.4. The molecule has 0 radical (unpaired) electrons. The van der Waals surface area contributed by atoms with Crippen molar-refractivity contribution in [3.8, 4) is 5.75 Å². The van der Waals surface area contributed by atoms with Crippen LogP contribution in [-0.4, -0.2) is 39.0 Å². The lowest BCUT2D eigenvalue weighted by Gasteiger charge is -2.17. The van der Waals surface area contributed by atoms with Gasteiger partial charge in [0.15, 0.2) is 0 Å². The molecular weight excluding hydrogens is 214 g/mol. The highest BCUT2D eigenvalue weighted by atomic mass is 16.4. The van der Waals surface area contributed by atoms with Gasteiger partial charge < -0.3 is 26.2 Å². The lowest BCUT2D eigenvalue weighted by Crippen LogP contribution is -2.27. The number of hydrogen-bond acceptors (Lipinski definition) is 5. The summed E-state index contributed by atoms with van der Waals surface area (Å²) in [5.74, 6) is -1.57. The van der Waals surface area contributed by atoms with Gasteiger partial charge in [-0.2, -0.15) is 0 Å². The molecule has 0 aliphatic heterocycles. The van der Waals surface area contributed by atoms with E-state index in [-0.39, 0.29) is 23.4 Å². The van der Waals surface area contributed by atoms with Crippen molar-refractivity contribution in [1.82, 2.24) is 0 Å². The number of aliphatic hydroxyl groups excluding tert-OH is 2. The van der Waals surface area contributed by atoms with Crippen LogP contribution < -0.4 is 5.73 Å². The Morgan fingerprint density at radius 2 is 2.00 bits per heavy atom. The summed E-state index contributed by atoms with van der Waals surface area (Å²) in [7, 11) is 0. The van der Waals surface area contributed by atoms with Crippen LogP contribution in [0.2, 0.25) is 0 Å². The molecule has 0 aliphatic rings. The SMILES string of the molecule is NCC(O)C(O)c1ccc(C(=O)O)cc1O. The van der Waals surface area contributed by atoms with E-state index in [4.69, 9.17) is 10.8 Å². The highest BCUT2D eigenvalue weighted by Gasteiger charge is 2.20. The molecule has 1 rings (SSSR count). The fourth-order valence-corrected chi connectivity index (χ4v) is 1.26. The molecule has 0 spiro atoms. The summed E-state index contributed by atoms with van der Waals surface area (Å²) in [4.78, 5) is 10.6. The minimum atomic E-state index is -1.34. The summed E-state index contributed by atoms with van der Waals surface area (Å²) in [6.07, 6.45) is -2.55. The van der Waals surface area contributed by atoms with Crippen LogP contribution in [0.3, 0.4) is 0 Å². The average molecular weight is 227 g/mol. The number of hydrogen-bond donors (Lipinski definition) is 5. The normalized spacial score (nSPS) is 14.4. The van der Waals surface area contributed by atoms with Gasteiger partial charge in [-0.1, -0.05) is 6.07 Å². The van der Waals surface area contributed by atoms with E-state index in [1.165, 1.54) is 12.1 Å². The molecule has 0 saturated carbocycles. The van der Waals surface area contributed by atoms with E-state index in [0.29, 0.717) is 0 Å². The zero-order valence-corrected chi connectivity index (χ0v) is 8.37. The highest BCUT2D eigenvalue weighted by Crippen LogP contribution is 2.27. The van der Waals surface area contributed by atoms with E-state index in [9.17, 15) is 20.1 Å². The van der Waals surface area contributed by atoms with Crippen LogP contribution in [0.5, 0.6) is 5.75 Å². The van der Waals surface area contributed by atoms with Gasteiger partial charge in [0.25, 0.3) is 0 Å². The van der Waals surface area contributed by atoms with Gasteiger partial charge in [-0.05, 0) is 12.1 Å². The molecule has 2 atom stereocenters. The summed E-state index contributed by atoms with van der Waals surface area (Å²) in [5, 5.41) is 37.0. The third-order valence-corrected chi connectivity index (χ3v) is 2.20. The molecule has 0 aliphatic carbocycles. The molecule has 88 valence electrons. The number of carboxylic acids is 1. The van der Waals surface area contributed by atoms with Crippen LogP contribution in [0.25, 0.3) is 0 Å². The number of rotatable bonds is 4. The maximum absolute atomic E-state index is 10.6. The van der Waals surface area contributed by atoms with Crippen LogP contribution in [0, 0.1) is 0 Å². The molecule has 6 N–H and O–H groups in total. The van der Waals surface area contributed by atoms with Gasteiger partial charge in [-0.15, -0.1) is 0 Å². The second kappa shape index (κ2) is 4.93. The Hall–Kier alpha value is -1.63. The third kappa shape index (κ3) is 2.48. The first-order valence-electron chi connectivity index (χ1n) is 4.59. The Morgan fingerprint density at radius 3 is 2.44 bits per heavy atom. The van der Waals surface area contributed by atoms with Crippen LogP contribution >= 0.6 is 0 Å². The molecule has 0 aromatic heterocycles. The van der Waals surface area contributed by atoms with Crippen molar-refractivity contribution in [2.24, 2.45) is 5.73 Å². The number of aromatic hydroxyl groups is 1. The van der Waals surface area contributed by atoms with Gasteiger partial charge in [0, 0.05) is 12.1 Å². The maximum atomic E-state index is 10.6. The van der Waals surface area contributed by atoms with Gasteiger partial charge in [-0.25, -0.2) is 4.79 Å². The number of benzene rings is 1. The molecule has 6 nitrogen and oxygen atoms in total. The monoisotopic (exact) mass is 227 g/mol. The molecule has 0 amide bonds. The number of carbonyl (C=O) groups is 1. The average Bonchev–Trinajstić information content (AvgIpc) is 2.26. The Morgan fingerprint density at radius 1 is 1.38 bits per heavy atom. The Labute approximate surface area is 91.6 Å². The van der Waals surface area contributed by atoms with E-state index in [1.54, 1.807) is 0 Å². The van der Waals surface area contributed by atoms with Crippen molar-refractivity contribution >= 4 is 5.97 Å². The van der Waals surface area contributed by atoms with E-state index in [0.717, 1.165) is 6.07 Å². The van der Waals surface area contributed by atoms with Crippen molar-refractivity contribution < 1.29 is 25.2 Å². The molecule has 0 bridgehead atoms. The fraction of sp³-hybridized carbons (Fsp3) is 0.300. The quantitative estimate of drug-likeness (QED) is 0.470. The summed E-state index contributed by atoms with van der Waals surface area (Å²) in [6.45, 7) is -0.165. The van der Waals surface area contributed by atoms with Crippen LogP contribution in [0.1, 0.15) is 22.0 Å². The summed E-state index contributed by atoms with van der Waals surface area (Å²) in [6, 6.07) is 3.47. The Kier molecular flexibility index (Phi) is 3.83. The molecule has 0 saturated heterocycles. The van der Waals surface area contributed by atoms with E-state index < -0.39 is 18.2 Å². The third-order valence-electron chi connectivity index (χ3n) is 2.20. The van der Waals surface area contributed by atoms with Crippen molar-refractivity contribution in [2.45, 2.75) is 12.2 Å². The Bertz CT molecular complexity index is 393. The molecule has 1 aromatic carbocycles. The van der Waals surface area contributed by atoms with E-state index >= 15 is 0 Å². The van der Waals surface area contributed by atoms with Gasteiger partial charge in [0.1, 0.15) is 11.9 Å². The molecule has 16 heavy (non-hydrogen) atoms. The number of nitrogens with two attached hydrogens (primary N) is 1. The zero-order chi connectivity index (χ0) is 12.3. The zero-order valence-electron chi connectivity index (χ0n) is 8.37. The van der Waals surface area contributed by atoms with Crippen molar-refractivity contribution in [3.63, 3.8) is 0 Å². The summed E-state index contributed by atoms with van der Waals surface area (Å²) < 4.78 is 0. The van der Waals surface area contributed by atoms with Crippen LogP contribution in [0.4, 0.5) is 0 Å². The van der Waals surface area contributed by atoms with Gasteiger partial charge >= 0.3 is 5.97 Å². The highest BCUT2D eigenvalue weighted by molar-refractivity contribution is 5.88. The topological polar surface area (TPSA) is 124 Å². The standard InChI is InChI=1S/C10H13NO5/c11-4-8(13)9(14)6-2-1-5(10(15)16)3-7(6)12/h1-3,8-9,12-14H,4,11H2,(H,15,16). The fourth-order valence-electron chi connectivity index (χ4n) is 1.26. The minimum Gasteiger partial charge on any atom is -0.508 e. The second-order valence-corrected chi connectivity index (χ2v) is 3.33. The first-order chi connectivity index (χ1) is 7.47. The number of phenols is 1.